The van der Waals surface area contributed by atoms with E-state index in [1.165, 1.54) is 0 Å². The molecule has 1 amide bonds. The molecule has 108 valence electrons. The molecule has 0 aliphatic heterocycles. The molecule has 0 aliphatic rings. The number of carbonyl (C=O) groups excluding carboxylic acids is 1. The fourth-order valence-electron chi connectivity index (χ4n) is 2.63. The Balaban J connectivity index is 1.99. The van der Waals surface area contributed by atoms with Crippen LogP contribution in [0.4, 0.5) is 0 Å². The van der Waals surface area contributed by atoms with Gasteiger partial charge in [-0.25, -0.2) is 4.98 Å². The Morgan fingerprint density at radius 2 is 2.14 bits per heavy atom. The number of fused-ring (bicyclic) bond motifs is 2. The fourth-order valence-corrected chi connectivity index (χ4v) is 2.63. The van der Waals surface area contributed by atoms with E-state index in [9.17, 15) is 4.79 Å². The molecule has 3 N–H and O–H groups in total. The highest BCUT2D eigenvalue weighted by Gasteiger charge is 2.14. The Kier molecular flexibility index (Phi) is 2.69. The van der Waals surface area contributed by atoms with Crippen LogP contribution in [0.15, 0.2) is 42.7 Å². The number of aromatic nitrogens is 4. The fraction of sp³-hybridized carbons (Fsp3) is 0.0625. The third-order valence-corrected chi connectivity index (χ3v) is 3.75. The number of nitrogens with zero attached hydrogens (tertiary/aromatic N) is 2. The van der Waals surface area contributed by atoms with Crippen LogP contribution in [-0.2, 0) is 0 Å². The molecule has 0 aliphatic carbocycles. The van der Waals surface area contributed by atoms with Gasteiger partial charge in [-0.2, -0.15) is 5.10 Å². The van der Waals surface area contributed by atoms with Crippen LogP contribution in [0.5, 0.6) is 0 Å². The SMILES string of the molecule is CNC(=O)c1cc(-c2ccc3cc[nH]c3c2)c2cn[nH]c2n1. The van der Waals surface area contributed by atoms with Crippen molar-refractivity contribution in [1.29, 1.82) is 0 Å². The van der Waals surface area contributed by atoms with E-state index in [2.05, 4.69) is 31.5 Å². The lowest BCUT2D eigenvalue weighted by atomic mass is 10.0. The highest BCUT2D eigenvalue weighted by molar-refractivity contribution is 6.01. The molecule has 0 bridgehead atoms. The van der Waals surface area contributed by atoms with Gasteiger partial charge in [-0.1, -0.05) is 12.1 Å². The largest absolute Gasteiger partial charge is 0.361 e. The van der Waals surface area contributed by atoms with Gasteiger partial charge < -0.3 is 10.3 Å². The second-order valence-electron chi connectivity index (χ2n) is 5.05. The number of H-pyrrole nitrogens is 2. The van der Waals surface area contributed by atoms with Gasteiger partial charge in [0.2, 0.25) is 0 Å². The van der Waals surface area contributed by atoms with Crippen LogP contribution in [0.3, 0.4) is 0 Å². The Labute approximate surface area is 125 Å². The van der Waals surface area contributed by atoms with Gasteiger partial charge in [0.25, 0.3) is 5.91 Å². The molecule has 0 atom stereocenters. The van der Waals surface area contributed by atoms with Gasteiger partial charge in [0.05, 0.1) is 6.20 Å². The second kappa shape index (κ2) is 4.70. The minimum atomic E-state index is -0.223. The van der Waals surface area contributed by atoms with Crippen LogP contribution < -0.4 is 5.32 Å². The molecular formula is C16H13N5O. The minimum Gasteiger partial charge on any atom is -0.361 e. The smallest absolute Gasteiger partial charge is 0.269 e. The highest BCUT2D eigenvalue weighted by atomic mass is 16.1. The number of carbonyl (C=O) groups is 1. The Bertz CT molecular complexity index is 998. The number of rotatable bonds is 2. The molecule has 6 nitrogen and oxygen atoms in total. The molecule has 0 saturated carbocycles. The van der Waals surface area contributed by atoms with Crippen molar-refractivity contribution in [3.63, 3.8) is 0 Å². The molecule has 1 aromatic carbocycles. The van der Waals surface area contributed by atoms with Crippen molar-refractivity contribution in [2.75, 3.05) is 7.05 Å². The van der Waals surface area contributed by atoms with Crippen molar-refractivity contribution in [3.05, 3.63) is 48.4 Å². The quantitative estimate of drug-likeness (QED) is 0.530. The van der Waals surface area contributed by atoms with Crippen LogP contribution >= 0.6 is 0 Å². The summed E-state index contributed by atoms with van der Waals surface area (Å²) in [5.74, 6) is -0.223. The summed E-state index contributed by atoms with van der Waals surface area (Å²) in [7, 11) is 1.59. The molecule has 3 heterocycles. The summed E-state index contributed by atoms with van der Waals surface area (Å²) >= 11 is 0. The van der Waals surface area contributed by atoms with E-state index < -0.39 is 0 Å². The van der Waals surface area contributed by atoms with Crippen molar-refractivity contribution in [2.24, 2.45) is 0 Å². The summed E-state index contributed by atoms with van der Waals surface area (Å²) in [6.07, 6.45) is 3.63. The zero-order chi connectivity index (χ0) is 15.1. The van der Waals surface area contributed by atoms with Gasteiger partial charge in [-0.3, -0.25) is 9.89 Å². The van der Waals surface area contributed by atoms with E-state index >= 15 is 0 Å². The Morgan fingerprint density at radius 1 is 1.23 bits per heavy atom. The number of aromatic amines is 2. The van der Waals surface area contributed by atoms with Crippen LogP contribution in [-0.4, -0.2) is 33.1 Å². The highest BCUT2D eigenvalue weighted by Crippen LogP contribution is 2.29. The van der Waals surface area contributed by atoms with Gasteiger partial charge in [-0.15, -0.1) is 0 Å². The second-order valence-corrected chi connectivity index (χ2v) is 5.05. The van der Waals surface area contributed by atoms with Crippen molar-refractivity contribution in [3.8, 4) is 11.1 Å². The maximum Gasteiger partial charge on any atom is 0.269 e. The van der Waals surface area contributed by atoms with E-state index in [-0.39, 0.29) is 5.91 Å². The lowest BCUT2D eigenvalue weighted by Crippen LogP contribution is -2.19. The zero-order valence-corrected chi connectivity index (χ0v) is 11.8. The van der Waals surface area contributed by atoms with Crippen LogP contribution in [0, 0.1) is 0 Å². The summed E-state index contributed by atoms with van der Waals surface area (Å²) in [6.45, 7) is 0. The van der Waals surface area contributed by atoms with E-state index in [4.69, 9.17) is 0 Å². The minimum absolute atomic E-state index is 0.223. The average molecular weight is 291 g/mol. The van der Waals surface area contributed by atoms with Crippen LogP contribution in [0.2, 0.25) is 0 Å². The maximum absolute atomic E-state index is 11.9. The number of nitrogens with one attached hydrogen (secondary N) is 3. The van der Waals surface area contributed by atoms with Gasteiger partial charge >= 0.3 is 0 Å². The first kappa shape index (κ1) is 12.6. The summed E-state index contributed by atoms with van der Waals surface area (Å²) < 4.78 is 0. The van der Waals surface area contributed by atoms with E-state index in [1.54, 1.807) is 19.3 Å². The molecule has 0 fully saturated rings. The molecule has 22 heavy (non-hydrogen) atoms. The van der Waals surface area contributed by atoms with E-state index in [1.807, 2.05) is 24.4 Å². The number of amides is 1. The van der Waals surface area contributed by atoms with Gasteiger partial charge in [-0.05, 0) is 34.7 Å². The lowest BCUT2D eigenvalue weighted by molar-refractivity contribution is 0.0958. The molecule has 3 aromatic heterocycles. The third kappa shape index (κ3) is 1.85. The predicted octanol–water partition coefficient (Wildman–Crippen LogP) is 2.47. The lowest BCUT2D eigenvalue weighted by Gasteiger charge is -2.06. The first-order chi connectivity index (χ1) is 10.8. The Morgan fingerprint density at radius 3 is 3.00 bits per heavy atom. The van der Waals surface area contributed by atoms with E-state index in [0.717, 1.165) is 27.4 Å². The summed E-state index contributed by atoms with van der Waals surface area (Å²) in [5, 5.41) is 11.5. The van der Waals surface area contributed by atoms with Crippen LogP contribution in [0.1, 0.15) is 10.5 Å². The first-order valence-corrected chi connectivity index (χ1v) is 6.90. The monoisotopic (exact) mass is 291 g/mol. The summed E-state index contributed by atoms with van der Waals surface area (Å²) in [6, 6.07) is 9.96. The molecule has 4 rings (SSSR count). The number of hydrogen-bond donors (Lipinski definition) is 3. The molecule has 6 heteroatoms. The van der Waals surface area contributed by atoms with Crippen molar-refractivity contribution in [1.82, 2.24) is 25.5 Å². The topological polar surface area (TPSA) is 86.5 Å². The molecule has 0 spiro atoms. The van der Waals surface area contributed by atoms with Gasteiger partial charge in [0, 0.05) is 24.1 Å². The number of benzene rings is 1. The van der Waals surface area contributed by atoms with E-state index in [0.29, 0.717) is 11.3 Å². The Hall–Kier alpha value is -3.15. The average Bonchev–Trinajstić information content (AvgIpc) is 3.20. The standard InChI is InChI=1S/C16H13N5O/c1-17-16(22)14-7-11(12-8-19-21-15(12)20-14)10-3-2-9-4-5-18-13(9)6-10/h2-8,18H,1H3,(H,17,22)(H,19,20,21). The summed E-state index contributed by atoms with van der Waals surface area (Å²) in [4.78, 5) is 19.4. The van der Waals surface area contributed by atoms with Crippen molar-refractivity contribution in [2.45, 2.75) is 0 Å². The first-order valence-electron chi connectivity index (χ1n) is 6.90. The van der Waals surface area contributed by atoms with Gasteiger partial charge in [0.1, 0.15) is 5.69 Å². The van der Waals surface area contributed by atoms with Gasteiger partial charge in [0.15, 0.2) is 5.65 Å². The molecular weight excluding hydrogens is 278 g/mol. The number of hydrogen-bond acceptors (Lipinski definition) is 3. The summed E-state index contributed by atoms with van der Waals surface area (Å²) in [5.41, 5.74) is 3.94. The molecule has 0 radical (unpaired) electrons. The van der Waals surface area contributed by atoms with Crippen LogP contribution in [0.25, 0.3) is 33.1 Å². The normalized spacial score (nSPS) is 11.1. The molecule has 0 unspecified atom stereocenters. The van der Waals surface area contributed by atoms with Crippen molar-refractivity contribution < 1.29 is 4.79 Å². The third-order valence-electron chi connectivity index (χ3n) is 3.75. The zero-order valence-electron chi connectivity index (χ0n) is 11.8. The number of pyridine rings is 1. The molecule has 0 saturated heterocycles. The van der Waals surface area contributed by atoms with Crippen molar-refractivity contribution >= 4 is 27.8 Å². The molecule has 4 aromatic rings. The maximum atomic E-state index is 11.9. The predicted molar refractivity (Wildman–Crippen MR) is 84.6 cm³/mol.